The van der Waals surface area contributed by atoms with E-state index in [1.165, 1.54) is 12.8 Å². The van der Waals surface area contributed by atoms with Gasteiger partial charge >= 0.3 is 0 Å². The molecule has 1 aromatic heterocycles. The molecule has 2 heterocycles. The lowest BCUT2D eigenvalue weighted by Gasteiger charge is -2.05. The predicted octanol–water partition coefficient (Wildman–Crippen LogP) is 2.21. The Morgan fingerprint density at radius 2 is 2.05 bits per heavy atom. The lowest BCUT2D eigenvalue weighted by Crippen LogP contribution is -2.03. The normalized spacial score (nSPS) is 16.7. The van der Waals surface area contributed by atoms with Gasteiger partial charge in [0, 0.05) is 17.3 Å². The monoisotopic (exact) mass is 266 g/mol. The van der Waals surface area contributed by atoms with Crippen molar-refractivity contribution in [1.82, 2.24) is 10.2 Å². The first-order valence-electron chi connectivity index (χ1n) is 6.81. The van der Waals surface area contributed by atoms with E-state index in [0.29, 0.717) is 12.5 Å². The van der Waals surface area contributed by atoms with Crippen LogP contribution in [0.3, 0.4) is 0 Å². The van der Waals surface area contributed by atoms with Crippen LogP contribution in [0.5, 0.6) is 0 Å². The van der Waals surface area contributed by atoms with Gasteiger partial charge in [0.2, 0.25) is 5.91 Å². The van der Waals surface area contributed by atoms with E-state index in [9.17, 15) is 4.79 Å². The highest BCUT2D eigenvalue weighted by molar-refractivity contribution is 5.99. The standard InChI is InChI=1S/C15H14N4O/c20-15-8-10-7-9(1-4-12(10)17-15)13-5-6-14(19-18-13)16-11-2-3-11/h1,4-7,11H,2-3,8H2,(H,16,19)(H,17,20). The van der Waals surface area contributed by atoms with Gasteiger partial charge in [-0.05, 0) is 42.7 Å². The predicted molar refractivity (Wildman–Crippen MR) is 76.4 cm³/mol. The Hall–Kier alpha value is -2.43. The first-order chi connectivity index (χ1) is 9.78. The fraction of sp³-hybridized carbons (Fsp3) is 0.267. The smallest absolute Gasteiger partial charge is 0.228 e. The van der Waals surface area contributed by atoms with Crippen molar-refractivity contribution in [2.24, 2.45) is 0 Å². The second kappa shape index (κ2) is 4.30. The zero-order valence-corrected chi connectivity index (χ0v) is 10.9. The highest BCUT2D eigenvalue weighted by Gasteiger charge is 2.21. The number of nitrogens with zero attached hydrogens (tertiary/aromatic N) is 2. The molecule has 0 unspecified atom stereocenters. The molecule has 2 N–H and O–H groups in total. The fourth-order valence-electron chi connectivity index (χ4n) is 2.39. The summed E-state index contributed by atoms with van der Waals surface area (Å²) in [4.78, 5) is 11.4. The number of hydrogen-bond acceptors (Lipinski definition) is 4. The van der Waals surface area contributed by atoms with Gasteiger partial charge in [0.05, 0.1) is 12.1 Å². The summed E-state index contributed by atoms with van der Waals surface area (Å²) in [6.45, 7) is 0. The maximum atomic E-state index is 11.4. The van der Waals surface area contributed by atoms with Gasteiger partial charge in [-0.15, -0.1) is 10.2 Å². The number of carbonyl (C=O) groups is 1. The van der Waals surface area contributed by atoms with Gasteiger partial charge in [-0.1, -0.05) is 6.07 Å². The van der Waals surface area contributed by atoms with E-state index in [-0.39, 0.29) is 5.91 Å². The molecular weight excluding hydrogens is 252 g/mol. The van der Waals surface area contributed by atoms with Crippen LogP contribution < -0.4 is 10.6 Å². The zero-order valence-electron chi connectivity index (χ0n) is 10.9. The molecule has 20 heavy (non-hydrogen) atoms. The summed E-state index contributed by atoms with van der Waals surface area (Å²) in [6.07, 6.45) is 2.88. The third-order valence-electron chi connectivity index (χ3n) is 3.62. The molecule has 1 amide bonds. The molecule has 1 aliphatic carbocycles. The minimum absolute atomic E-state index is 0.0483. The van der Waals surface area contributed by atoms with Crippen molar-refractivity contribution in [2.75, 3.05) is 10.6 Å². The van der Waals surface area contributed by atoms with Crippen molar-refractivity contribution in [1.29, 1.82) is 0 Å². The lowest BCUT2D eigenvalue weighted by atomic mass is 10.1. The van der Waals surface area contributed by atoms with Crippen LogP contribution in [0.4, 0.5) is 11.5 Å². The van der Waals surface area contributed by atoms with Crippen LogP contribution in [0.15, 0.2) is 30.3 Å². The first-order valence-corrected chi connectivity index (χ1v) is 6.81. The first kappa shape index (κ1) is 11.4. The molecule has 0 radical (unpaired) electrons. The van der Waals surface area contributed by atoms with Crippen molar-refractivity contribution in [3.05, 3.63) is 35.9 Å². The lowest BCUT2D eigenvalue weighted by molar-refractivity contribution is -0.115. The average molecular weight is 266 g/mol. The van der Waals surface area contributed by atoms with Gasteiger partial charge in [-0.2, -0.15) is 0 Å². The van der Waals surface area contributed by atoms with Gasteiger partial charge in [-0.25, -0.2) is 0 Å². The number of aromatic nitrogens is 2. The molecule has 1 aliphatic heterocycles. The molecule has 5 heteroatoms. The summed E-state index contributed by atoms with van der Waals surface area (Å²) in [7, 11) is 0. The van der Waals surface area contributed by atoms with Gasteiger partial charge in [0.25, 0.3) is 0 Å². The summed E-state index contributed by atoms with van der Waals surface area (Å²) in [6, 6.07) is 10.4. The number of amides is 1. The number of rotatable bonds is 3. The largest absolute Gasteiger partial charge is 0.366 e. The molecule has 1 aromatic carbocycles. The number of carbonyl (C=O) groups excluding carboxylic acids is 1. The second-order valence-electron chi connectivity index (χ2n) is 5.32. The van der Waals surface area contributed by atoms with E-state index in [1.807, 2.05) is 30.3 Å². The molecule has 0 atom stereocenters. The summed E-state index contributed by atoms with van der Waals surface area (Å²) < 4.78 is 0. The maximum Gasteiger partial charge on any atom is 0.228 e. The van der Waals surface area contributed by atoms with Crippen molar-refractivity contribution >= 4 is 17.4 Å². The minimum atomic E-state index is 0.0483. The van der Waals surface area contributed by atoms with Crippen molar-refractivity contribution in [2.45, 2.75) is 25.3 Å². The second-order valence-corrected chi connectivity index (χ2v) is 5.32. The Morgan fingerprint density at radius 3 is 2.80 bits per heavy atom. The SMILES string of the molecule is O=C1Cc2cc(-c3ccc(NC4CC4)nn3)ccc2N1. The molecule has 1 fully saturated rings. The van der Waals surface area contributed by atoms with Crippen LogP contribution in [0.1, 0.15) is 18.4 Å². The number of hydrogen-bond donors (Lipinski definition) is 2. The molecule has 4 rings (SSSR count). The highest BCUT2D eigenvalue weighted by Crippen LogP contribution is 2.28. The third kappa shape index (κ3) is 2.11. The van der Waals surface area contributed by atoms with Crippen LogP contribution in [0.25, 0.3) is 11.3 Å². The molecule has 0 bridgehead atoms. The summed E-state index contributed by atoms with van der Waals surface area (Å²) in [5, 5.41) is 14.6. The van der Waals surface area contributed by atoms with Crippen LogP contribution in [-0.4, -0.2) is 22.1 Å². The van der Waals surface area contributed by atoms with Gasteiger partial charge in [0.1, 0.15) is 5.82 Å². The molecule has 1 saturated carbocycles. The number of nitrogens with one attached hydrogen (secondary N) is 2. The average Bonchev–Trinajstić information content (AvgIpc) is 3.18. The zero-order chi connectivity index (χ0) is 13.5. The maximum absolute atomic E-state index is 11.4. The van der Waals surface area contributed by atoms with Crippen molar-refractivity contribution in [3.8, 4) is 11.3 Å². The fourth-order valence-corrected chi connectivity index (χ4v) is 2.39. The molecule has 2 aliphatic rings. The Morgan fingerprint density at radius 1 is 1.15 bits per heavy atom. The topological polar surface area (TPSA) is 66.9 Å². The number of anilines is 2. The Balaban J connectivity index is 1.60. The molecule has 2 aromatic rings. The van der Waals surface area contributed by atoms with Crippen LogP contribution in [0, 0.1) is 0 Å². The quantitative estimate of drug-likeness (QED) is 0.894. The Bertz CT molecular complexity index is 677. The third-order valence-corrected chi connectivity index (χ3v) is 3.62. The van der Waals surface area contributed by atoms with E-state index < -0.39 is 0 Å². The van der Waals surface area contributed by atoms with Crippen molar-refractivity contribution in [3.63, 3.8) is 0 Å². The van der Waals surface area contributed by atoms with E-state index in [0.717, 1.165) is 28.3 Å². The van der Waals surface area contributed by atoms with Crippen molar-refractivity contribution < 1.29 is 4.79 Å². The van der Waals surface area contributed by atoms with E-state index in [2.05, 4.69) is 20.8 Å². The number of benzene rings is 1. The van der Waals surface area contributed by atoms with Crippen LogP contribution >= 0.6 is 0 Å². The molecule has 5 nitrogen and oxygen atoms in total. The Labute approximate surface area is 116 Å². The van der Waals surface area contributed by atoms with Crippen LogP contribution in [-0.2, 0) is 11.2 Å². The molecular formula is C15H14N4O. The summed E-state index contributed by atoms with van der Waals surface area (Å²) in [5.74, 6) is 0.876. The van der Waals surface area contributed by atoms with E-state index in [1.54, 1.807) is 0 Å². The molecule has 100 valence electrons. The van der Waals surface area contributed by atoms with E-state index >= 15 is 0 Å². The number of fused-ring (bicyclic) bond motifs is 1. The van der Waals surface area contributed by atoms with Gasteiger partial charge in [-0.3, -0.25) is 4.79 Å². The van der Waals surface area contributed by atoms with Gasteiger partial charge in [0.15, 0.2) is 0 Å². The van der Waals surface area contributed by atoms with Gasteiger partial charge < -0.3 is 10.6 Å². The molecule has 0 spiro atoms. The van der Waals surface area contributed by atoms with E-state index in [4.69, 9.17) is 0 Å². The van der Waals surface area contributed by atoms with Crippen LogP contribution in [0.2, 0.25) is 0 Å². The Kier molecular flexibility index (Phi) is 2.45. The highest BCUT2D eigenvalue weighted by atomic mass is 16.1. The summed E-state index contributed by atoms with van der Waals surface area (Å²) >= 11 is 0. The summed E-state index contributed by atoms with van der Waals surface area (Å²) in [5.41, 5.74) is 3.74. The molecule has 0 saturated heterocycles. The minimum Gasteiger partial charge on any atom is -0.366 e.